The number of thiazole rings is 1. The minimum absolute atomic E-state index is 0.106. The van der Waals surface area contributed by atoms with Crippen molar-refractivity contribution in [1.82, 2.24) is 9.88 Å². The van der Waals surface area contributed by atoms with Crippen LogP contribution in [0.3, 0.4) is 0 Å². The number of aryl methyl sites for hydroxylation is 1. The molecule has 1 aliphatic rings. The van der Waals surface area contributed by atoms with Crippen LogP contribution in [0.2, 0.25) is 0 Å². The van der Waals surface area contributed by atoms with E-state index in [1.165, 1.54) is 11.3 Å². The summed E-state index contributed by atoms with van der Waals surface area (Å²) < 4.78 is 5.35. The van der Waals surface area contributed by atoms with E-state index in [0.29, 0.717) is 36.2 Å². The van der Waals surface area contributed by atoms with Crippen molar-refractivity contribution in [3.63, 3.8) is 0 Å². The summed E-state index contributed by atoms with van der Waals surface area (Å²) in [4.78, 5) is 31.6. The van der Waals surface area contributed by atoms with Gasteiger partial charge in [-0.1, -0.05) is 0 Å². The Hall–Kier alpha value is -1.83. The highest BCUT2D eigenvalue weighted by Gasteiger charge is 2.27. The van der Waals surface area contributed by atoms with Gasteiger partial charge in [0.1, 0.15) is 5.60 Å². The zero-order chi connectivity index (χ0) is 16.5. The molecular formula is C14H21N3O4S. The monoisotopic (exact) mass is 327 g/mol. The molecule has 22 heavy (non-hydrogen) atoms. The van der Waals surface area contributed by atoms with Crippen LogP contribution >= 0.6 is 11.3 Å². The van der Waals surface area contributed by atoms with E-state index < -0.39 is 11.6 Å². The second-order valence-electron chi connectivity index (χ2n) is 6.16. The zero-order valence-corrected chi connectivity index (χ0v) is 14.1. The average molecular weight is 327 g/mol. The number of carbonyl (C=O) groups excluding carboxylic acids is 1. The molecule has 1 aromatic rings. The highest BCUT2D eigenvalue weighted by atomic mass is 32.1. The van der Waals surface area contributed by atoms with Gasteiger partial charge in [-0.15, -0.1) is 11.3 Å². The molecule has 7 nitrogen and oxygen atoms in total. The largest absolute Gasteiger partial charge is 0.476 e. The van der Waals surface area contributed by atoms with Crippen LogP contribution in [-0.4, -0.2) is 58.8 Å². The number of anilines is 1. The van der Waals surface area contributed by atoms with Crippen molar-refractivity contribution < 1.29 is 19.4 Å². The Kier molecular flexibility index (Phi) is 4.60. The number of rotatable bonds is 2. The molecule has 1 aromatic heterocycles. The lowest BCUT2D eigenvalue weighted by Gasteiger charge is -2.35. The molecule has 0 aliphatic carbocycles. The summed E-state index contributed by atoms with van der Waals surface area (Å²) >= 11 is 1.37. The molecule has 0 saturated carbocycles. The normalized spacial score (nSPS) is 15.8. The highest BCUT2D eigenvalue weighted by molar-refractivity contribution is 7.15. The number of amides is 1. The molecule has 2 heterocycles. The first-order valence-electron chi connectivity index (χ1n) is 7.11. The first-order chi connectivity index (χ1) is 10.2. The third kappa shape index (κ3) is 3.88. The Balaban J connectivity index is 1.96. The second-order valence-corrected chi connectivity index (χ2v) is 7.34. The third-order valence-electron chi connectivity index (χ3n) is 3.19. The summed E-state index contributed by atoms with van der Waals surface area (Å²) in [6.45, 7) is 9.58. The van der Waals surface area contributed by atoms with Gasteiger partial charge in [0.05, 0.1) is 0 Å². The van der Waals surface area contributed by atoms with E-state index in [1.54, 1.807) is 11.8 Å². The smallest absolute Gasteiger partial charge is 0.410 e. The number of aromatic carboxylic acids is 1. The molecule has 2 rings (SSSR count). The van der Waals surface area contributed by atoms with Crippen LogP contribution in [0.5, 0.6) is 0 Å². The molecule has 122 valence electrons. The Morgan fingerprint density at radius 1 is 1.23 bits per heavy atom. The molecule has 0 spiro atoms. The fourth-order valence-corrected chi connectivity index (χ4v) is 3.08. The van der Waals surface area contributed by atoms with Crippen LogP contribution < -0.4 is 4.90 Å². The van der Waals surface area contributed by atoms with E-state index in [-0.39, 0.29) is 11.8 Å². The van der Waals surface area contributed by atoms with Gasteiger partial charge in [0.25, 0.3) is 0 Å². The van der Waals surface area contributed by atoms with E-state index >= 15 is 0 Å². The number of nitrogens with zero attached hydrogens (tertiary/aromatic N) is 3. The van der Waals surface area contributed by atoms with E-state index in [0.717, 1.165) is 0 Å². The second kappa shape index (κ2) is 6.12. The molecule has 1 saturated heterocycles. The standard InChI is InChI=1S/C14H21N3O4S/c1-9-10(11(18)19)15-12(22-9)16-5-7-17(8-6-16)13(20)21-14(2,3)4/h5-8H2,1-4H3,(H,18,19). The summed E-state index contributed by atoms with van der Waals surface area (Å²) in [5, 5.41) is 9.75. The van der Waals surface area contributed by atoms with Crippen LogP contribution in [-0.2, 0) is 4.74 Å². The molecule has 1 N–H and O–H groups in total. The number of piperazine rings is 1. The summed E-state index contributed by atoms with van der Waals surface area (Å²) in [5.41, 5.74) is -0.397. The number of ether oxygens (including phenoxy) is 1. The molecule has 0 unspecified atom stereocenters. The topological polar surface area (TPSA) is 83.0 Å². The summed E-state index contributed by atoms with van der Waals surface area (Å²) in [7, 11) is 0. The molecule has 0 radical (unpaired) electrons. The fraction of sp³-hybridized carbons (Fsp3) is 0.643. The Labute approximate surface area is 133 Å². The van der Waals surface area contributed by atoms with E-state index in [9.17, 15) is 9.59 Å². The van der Waals surface area contributed by atoms with Gasteiger partial charge in [0.2, 0.25) is 0 Å². The maximum Gasteiger partial charge on any atom is 0.410 e. The maximum absolute atomic E-state index is 12.0. The Morgan fingerprint density at radius 2 is 1.82 bits per heavy atom. The average Bonchev–Trinajstić information content (AvgIpc) is 2.79. The van der Waals surface area contributed by atoms with E-state index in [2.05, 4.69) is 4.98 Å². The van der Waals surface area contributed by atoms with Gasteiger partial charge >= 0.3 is 12.1 Å². The van der Waals surface area contributed by atoms with Gasteiger partial charge in [-0.25, -0.2) is 14.6 Å². The van der Waals surface area contributed by atoms with Crippen LogP contribution in [0.1, 0.15) is 36.1 Å². The van der Waals surface area contributed by atoms with Crippen LogP contribution in [0.4, 0.5) is 9.93 Å². The lowest BCUT2D eigenvalue weighted by atomic mass is 10.2. The van der Waals surface area contributed by atoms with Gasteiger partial charge in [-0.3, -0.25) is 0 Å². The van der Waals surface area contributed by atoms with Gasteiger partial charge < -0.3 is 19.6 Å². The van der Waals surface area contributed by atoms with Gasteiger partial charge in [-0.05, 0) is 27.7 Å². The summed E-state index contributed by atoms with van der Waals surface area (Å²) in [5.74, 6) is -1.01. The third-order valence-corrected chi connectivity index (χ3v) is 4.22. The molecule has 8 heteroatoms. The van der Waals surface area contributed by atoms with Crippen molar-refractivity contribution >= 4 is 28.5 Å². The molecular weight excluding hydrogens is 306 g/mol. The maximum atomic E-state index is 12.0. The van der Waals surface area contributed by atoms with Gasteiger partial charge in [0, 0.05) is 31.1 Å². The molecule has 1 aliphatic heterocycles. The van der Waals surface area contributed by atoms with Crippen molar-refractivity contribution in [2.75, 3.05) is 31.1 Å². The van der Waals surface area contributed by atoms with Crippen LogP contribution in [0.15, 0.2) is 0 Å². The molecule has 1 amide bonds. The quantitative estimate of drug-likeness (QED) is 0.896. The first kappa shape index (κ1) is 16.5. The van der Waals surface area contributed by atoms with Crippen molar-refractivity contribution in [3.8, 4) is 0 Å². The van der Waals surface area contributed by atoms with E-state index in [1.807, 2.05) is 25.7 Å². The van der Waals surface area contributed by atoms with Gasteiger partial charge in [-0.2, -0.15) is 0 Å². The number of carboxylic acids is 1. The number of hydrogen-bond donors (Lipinski definition) is 1. The van der Waals surface area contributed by atoms with Crippen molar-refractivity contribution in [2.45, 2.75) is 33.3 Å². The van der Waals surface area contributed by atoms with Crippen LogP contribution in [0, 0.1) is 6.92 Å². The lowest BCUT2D eigenvalue weighted by molar-refractivity contribution is 0.0240. The minimum atomic E-state index is -1.01. The first-order valence-corrected chi connectivity index (χ1v) is 7.92. The van der Waals surface area contributed by atoms with E-state index in [4.69, 9.17) is 9.84 Å². The van der Waals surface area contributed by atoms with Crippen molar-refractivity contribution in [2.24, 2.45) is 0 Å². The zero-order valence-electron chi connectivity index (χ0n) is 13.3. The molecule has 0 aromatic carbocycles. The highest BCUT2D eigenvalue weighted by Crippen LogP contribution is 2.26. The number of aromatic nitrogens is 1. The molecule has 1 fully saturated rings. The van der Waals surface area contributed by atoms with Gasteiger partial charge in [0.15, 0.2) is 10.8 Å². The minimum Gasteiger partial charge on any atom is -0.476 e. The predicted octanol–water partition coefficient (Wildman–Crippen LogP) is 2.21. The van der Waals surface area contributed by atoms with Crippen molar-refractivity contribution in [1.29, 1.82) is 0 Å². The van der Waals surface area contributed by atoms with Crippen molar-refractivity contribution in [3.05, 3.63) is 10.6 Å². The lowest BCUT2D eigenvalue weighted by Crippen LogP contribution is -2.50. The Morgan fingerprint density at radius 3 is 2.27 bits per heavy atom. The number of hydrogen-bond acceptors (Lipinski definition) is 6. The molecule has 0 atom stereocenters. The van der Waals surface area contributed by atoms with Crippen LogP contribution in [0.25, 0.3) is 0 Å². The fourth-order valence-electron chi connectivity index (χ4n) is 2.12. The number of carboxylic acid groups (broad SMARTS) is 1. The number of carbonyl (C=O) groups is 2. The Bertz CT molecular complexity index is 571. The predicted molar refractivity (Wildman–Crippen MR) is 83.8 cm³/mol. The molecule has 0 bridgehead atoms. The summed E-state index contributed by atoms with van der Waals surface area (Å²) in [6, 6.07) is 0. The summed E-state index contributed by atoms with van der Waals surface area (Å²) in [6.07, 6.45) is -0.311. The SMILES string of the molecule is Cc1sc(N2CCN(C(=O)OC(C)(C)C)CC2)nc1C(=O)O.